The number of nitrogens with one attached hydrogen (secondary N) is 1. The number of Topliss-reactive ketones (excluding diaryl/α,β-unsaturated/α-hetero) is 1. The zero-order valence-corrected chi connectivity index (χ0v) is 14.8. The maximum Gasteiger partial charge on any atom is 0.270 e. The molecule has 0 aliphatic carbocycles. The van der Waals surface area contributed by atoms with Gasteiger partial charge in [0.05, 0.1) is 9.82 Å². The highest BCUT2D eigenvalue weighted by Crippen LogP contribution is 2.22. The predicted molar refractivity (Wildman–Crippen MR) is 96.6 cm³/mol. The average Bonchev–Trinajstić information content (AvgIpc) is 2.61. The molecule has 0 aliphatic rings. The molecule has 2 rings (SSSR count). The van der Waals surface area contributed by atoms with Gasteiger partial charge in [0.25, 0.3) is 15.7 Å². The van der Waals surface area contributed by atoms with Gasteiger partial charge in [0.1, 0.15) is 5.76 Å². The number of nitro benzene ring substituents is 1. The number of carbonyl (C=O) groups is 2. The van der Waals surface area contributed by atoms with E-state index in [1.54, 1.807) is 0 Å². The summed E-state index contributed by atoms with van der Waals surface area (Å²) in [6.07, 6.45) is 0.733. The molecule has 0 aromatic heterocycles. The van der Waals surface area contributed by atoms with Crippen LogP contribution >= 0.6 is 0 Å². The molecule has 0 saturated carbocycles. The topological polar surface area (TPSA) is 144 Å². The van der Waals surface area contributed by atoms with Crippen molar-refractivity contribution in [3.63, 3.8) is 0 Å². The van der Waals surface area contributed by atoms with Crippen LogP contribution in [0.5, 0.6) is 0 Å². The first kappa shape index (κ1) is 19.8. The van der Waals surface area contributed by atoms with Crippen LogP contribution in [0.2, 0.25) is 0 Å². The fraction of sp³-hybridized carbons (Fsp3) is 0.0588. The molecule has 2 N–H and O–H groups in total. The van der Waals surface area contributed by atoms with E-state index in [2.05, 4.69) is 4.72 Å². The van der Waals surface area contributed by atoms with Gasteiger partial charge in [-0.15, -0.1) is 0 Å². The predicted octanol–water partition coefficient (Wildman–Crippen LogP) is 2.45. The van der Waals surface area contributed by atoms with E-state index in [1.165, 1.54) is 36.4 Å². The summed E-state index contributed by atoms with van der Waals surface area (Å²) in [5.74, 6) is -2.18. The van der Waals surface area contributed by atoms with Crippen LogP contribution in [-0.2, 0) is 19.6 Å². The number of aliphatic hydroxyl groups is 1. The fourth-order valence-electron chi connectivity index (χ4n) is 2.03. The van der Waals surface area contributed by atoms with Crippen molar-refractivity contribution in [2.24, 2.45) is 0 Å². The molecule has 0 radical (unpaired) electrons. The van der Waals surface area contributed by atoms with Gasteiger partial charge in [-0.3, -0.25) is 24.4 Å². The summed E-state index contributed by atoms with van der Waals surface area (Å²) >= 11 is 0. The zero-order chi connectivity index (χ0) is 20.2. The van der Waals surface area contributed by atoms with Gasteiger partial charge < -0.3 is 5.11 Å². The zero-order valence-electron chi connectivity index (χ0n) is 13.9. The summed E-state index contributed by atoms with van der Waals surface area (Å²) in [4.78, 5) is 32.1. The van der Waals surface area contributed by atoms with Crippen molar-refractivity contribution in [1.82, 2.24) is 0 Å². The number of nitro groups is 1. The number of benzene rings is 2. The van der Waals surface area contributed by atoms with E-state index in [0.717, 1.165) is 25.1 Å². The summed E-state index contributed by atoms with van der Waals surface area (Å²) < 4.78 is 27.1. The lowest BCUT2D eigenvalue weighted by molar-refractivity contribution is -0.385. The Morgan fingerprint density at radius 3 is 2.44 bits per heavy atom. The van der Waals surface area contributed by atoms with E-state index in [9.17, 15) is 33.2 Å². The number of nitrogens with zero attached hydrogens (tertiary/aromatic N) is 1. The molecule has 0 bridgehead atoms. The van der Waals surface area contributed by atoms with Crippen LogP contribution in [0.15, 0.2) is 59.5 Å². The number of allylic oxidation sites excluding steroid dienone is 1. The number of ketones is 2. The van der Waals surface area contributed by atoms with Crippen molar-refractivity contribution in [1.29, 1.82) is 0 Å². The van der Waals surface area contributed by atoms with Crippen LogP contribution < -0.4 is 4.72 Å². The van der Waals surface area contributed by atoms with E-state index < -0.39 is 32.3 Å². The number of anilines is 1. The van der Waals surface area contributed by atoms with Gasteiger partial charge >= 0.3 is 0 Å². The molecule has 0 atom stereocenters. The standard InChI is InChI=1S/C17H14N2O7S/c1-11(20)16(21)10-17(22)12-4-2-5-13(8-12)18-27(25,26)15-7-3-6-14(9-15)19(23)24/h2-10,18,22H,1H3. The maximum atomic E-state index is 12.4. The largest absolute Gasteiger partial charge is 0.507 e. The van der Waals surface area contributed by atoms with Gasteiger partial charge in [-0.1, -0.05) is 18.2 Å². The number of rotatable bonds is 7. The number of carbonyl (C=O) groups excluding carboxylic acids is 2. The number of hydrogen-bond acceptors (Lipinski definition) is 7. The van der Waals surface area contributed by atoms with Gasteiger partial charge in [0, 0.05) is 36.4 Å². The van der Waals surface area contributed by atoms with E-state index in [1.807, 2.05) is 0 Å². The van der Waals surface area contributed by atoms with Gasteiger partial charge in [0.15, 0.2) is 5.78 Å². The normalized spacial score (nSPS) is 11.7. The molecule has 0 aliphatic heterocycles. The third-order valence-corrected chi connectivity index (χ3v) is 4.74. The van der Waals surface area contributed by atoms with Crippen LogP contribution in [0.4, 0.5) is 11.4 Å². The van der Waals surface area contributed by atoms with Crippen LogP contribution in [0.3, 0.4) is 0 Å². The first-order valence-electron chi connectivity index (χ1n) is 7.43. The fourth-order valence-corrected chi connectivity index (χ4v) is 3.12. The second-order valence-corrected chi connectivity index (χ2v) is 7.07. The lowest BCUT2D eigenvalue weighted by atomic mass is 10.1. The van der Waals surface area contributed by atoms with E-state index in [4.69, 9.17) is 0 Å². The summed E-state index contributed by atoms with van der Waals surface area (Å²) in [5, 5.41) is 20.7. The molecule has 2 aromatic rings. The number of aliphatic hydroxyl groups excluding tert-OH is 1. The smallest absolute Gasteiger partial charge is 0.270 e. The lowest BCUT2D eigenvalue weighted by Gasteiger charge is -2.09. The van der Waals surface area contributed by atoms with Gasteiger partial charge in [-0.25, -0.2) is 8.42 Å². The minimum absolute atomic E-state index is 0.0502. The second kappa shape index (κ2) is 7.79. The molecule has 0 heterocycles. The molecular weight excluding hydrogens is 376 g/mol. The number of sulfonamides is 1. The van der Waals surface area contributed by atoms with E-state index >= 15 is 0 Å². The van der Waals surface area contributed by atoms with Crippen LogP contribution in [-0.4, -0.2) is 30.0 Å². The van der Waals surface area contributed by atoms with Crippen molar-refractivity contribution in [2.45, 2.75) is 11.8 Å². The highest BCUT2D eigenvalue weighted by Gasteiger charge is 2.18. The SMILES string of the molecule is CC(=O)C(=O)C=C(O)c1cccc(NS(=O)(=O)c2cccc([N+](=O)[O-])c2)c1. The Labute approximate surface area is 154 Å². The second-order valence-electron chi connectivity index (χ2n) is 5.39. The Hall–Kier alpha value is -3.53. The summed E-state index contributed by atoms with van der Waals surface area (Å²) in [7, 11) is -4.12. The molecule has 9 nitrogen and oxygen atoms in total. The molecule has 140 valence electrons. The molecular formula is C17H14N2O7S. The first-order valence-corrected chi connectivity index (χ1v) is 8.92. The third-order valence-electron chi connectivity index (χ3n) is 3.36. The maximum absolute atomic E-state index is 12.4. The first-order chi connectivity index (χ1) is 12.6. The Morgan fingerprint density at radius 2 is 1.81 bits per heavy atom. The molecule has 2 aromatic carbocycles. The molecule has 0 unspecified atom stereocenters. The quantitative estimate of drug-likeness (QED) is 0.243. The van der Waals surface area contributed by atoms with Gasteiger partial charge in [-0.2, -0.15) is 0 Å². The van der Waals surface area contributed by atoms with E-state index in [0.29, 0.717) is 0 Å². The summed E-state index contributed by atoms with van der Waals surface area (Å²) in [6.45, 7) is 1.05. The minimum atomic E-state index is -4.12. The minimum Gasteiger partial charge on any atom is -0.507 e. The van der Waals surface area contributed by atoms with Crippen molar-refractivity contribution in [2.75, 3.05) is 4.72 Å². The average molecular weight is 390 g/mol. The third kappa shape index (κ3) is 4.98. The van der Waals surface area contributed by atoms with Crippen molar-refractivity contribution >= 4 is 38.7 Å². The molecule has 0 saturated heterocycles. The highest BCUT2D eigenvalue weighted by atomic mass is 32.2. The molecule has 0 amide bonds. The molecule has 0 fully saturated rings. The number of non-ortho nitro benzene ring substituents is 1. The molecule has 0 spiro atoms. The van der Waals surface area contributed by atoms with Crippen molar-refractivity contribution in [3.8, 4) is 0 Å². The van der Waals surface area contributed by atoms with Gasteiger partial charge in [0.2, 0.25) is 5.78 Å². The summed E-state index contributed by atoms with van der Waals surface area (Å²) in [6, 6.07) is 9.97. The van der Waals surface area contributed by atoms with Gasteiger partial charge in [-0.05, 0) is 18.2 Å². The van der Waals surface area contributed by atoms with Crippen molar-refractivity contribution < 1.29 is 28.0 Å². The highest BCUT2D eigenvalue weighted by molar-refractivity contribution is 7.92. The van der Waals surface area contributed by atoms with Crippen molar-refractivity contribution in [3.05, 3.63) is 70.3 Å². The lowest BCUT2D eigenvalue weighted by Crippen LogP contribution is -2.13. The Balaban J connectivity index is 2.32. The molecule has 27 heavy (non-hydrogen) atoms. The van der Waals surface area contributed by atoms with Crippen LogP contribution in [0.25, 0.3) is 5.76 Å². The Bertz CT molecular complexity index is 1060. The van der Waals surface area contributed by atoms with Crippen LogP contribution in [0.1, 0.15) is 12.5 Å². The summed E-state index contributed by atoms with van der Waals surface area (Å²) in [5.41, 5.74) is -0.229. The monoisotopic (exact) mass is 390 g/mol. The Morgan fingerprint density at radius 1 is 1.15 bits per heavy atom. The Kier molecular flexibility index (Phi) is 5.71. The van der Waals surface area contributed by atoms with E-state index in [-0.39, 0.29) is 21.8 Å². The number of hydrogen-bond donors (Lipinski definition) is 2. The van der Waals surface area contributed by atoms with Crippen LogP contribution in [0, 0.1) is 10.1 Å². The molecule has 10 heteroatoms.